The van der Waals surface area contributed by atoms with Crippen LogP contribution in [0.2, 0.25) is 0 Å². The standard InChI is InChI=1S/C13H22N2O/c1-2-3-5-11-15-13(16)9-8-12-7-4-6-10-14-12/h12,14H,4-11H2,1H3,(H,15,16). The fourth-order valence-corrected chi connectivity index (χ4v) is 1.95. The highest BCUT2D eigenvalue weighted by atomic mass is 16.1. The summed E-state index contributed by atoms with van der Waals surface area (Å²) in [5, 5.41) is 6.34. The quantitative estimate of drug-likeness (QED) is 0.546. The Labute approximate surface area is 98.4 Å². The summed E-state index contributed by atoms with van der Waals surface area (Å²) in [4.78, 5) is 11.5. The van der Waals surface area contributed by atoms with Crippen LogP contribution in [0.25, 0.3) is 0 Å². The van der Waals surface area contributed by atoms with Crippen LogP contribution in [-0.4, -0.2) is 25.0 Å². The predicted octanol–water partition coefficient (Wildman–Crippen LogP) is 1.44. The minimum absolute atomic E-state index is 0.158. The fourth-order valence-electron chi connectivity index (χ4n) is 1.95. The third-order valence-corrected chi connectivity index (χ3v) is 2.88. The van der Waals surface area contributed by atoms with Gasteiger partial charge in [-0.25, -0.2) is 0 Å². The number of piperidine rings is 1. The molecule has 1 unspecified atom stereocenters. The van der Waals surface area contributed by atoms with Crippen LogP contribution in [0.1, 0.15) is 45.4 Å². The summed E-state index contributed by atoms with van der Waals surface area (Å²) in [6, 6.07) is 0.551. The Morgan fingerprint density at radius 1 is 1.50 bits per heavy atom. The second-order valence-corrected chi connectivity index (χ2v) is 4.21. The van der Waals surface area contributed by atoms with Gasteiger partial charge in [-0.1, -0.05) is 6.42 Å². The molecule has 0 spiro atoms. The molecule has 1 atom stereocenters. The topological polar surface area (TPSA) is 41.1 Å². The van der Waals surface area contributed by atoms with E-state index < -0.39 is 0 Å². The van der Waals surface area contributed by atoms with Crippen molar-refractivity contribution in [3.63, 3.8) is 0 Å². The highest BCUT2D eigenvalue weighted by Gasteiger charge is 2.13. The van der Waals surface area contributed by atoms with E-state index in [9.17, 15) is 4.79 Å². The molecule has 16 heavy (non-hydrogen) atoms. The smallest absolute Gasteiger partial charge is 0.220 e. The maximum atomic E-state index is 11.5. The van der Waals surface area contributed by atoms with E-state index in [2.05, 4.69) is 22.5 Å². The third-order valence-electron chi connectivity index (χ3n) is 2.88. The summed E-state index contributed by atoms with van der Waals surface area (Å²) in [5.41, 5.74) is 0. The van der Waals surface area contributed by atoms with Gasteiger partial charge in [-0.05, 0) is 32.7 Å². The molecular formula is C13H22N2O. The molecule has 90 valence electrons. The van der Waals surface area contributed by atoms with E-state index in [0.717, 1.165) is 19.4 Å². The van der Waals surface area contributed by atoms with Gasteiger partial charge in [0, 0.05) is 25.4 Å². The van der Waals surface area contributed by atoms with Gasteiger partial charge < -0.3 is 10.6 Å². The van der Waals surface area contributed by atoms with Gasteiger partial charge in [-0.15, -0.1) is 11.8 Å². The molecule has 3 heteroatoms. The van der Waals surface area contributed by atoms with E-state index in [1.165, 1.54) is 19.3 Å². The first-order valence-electron chi connectivity index (χ1n) is 6.22. The number of amides is 1. The minimum atomic E-state index is 0.158. The van der Waals surface area contributed by atoms with Crippen LogP contribution in [0.3, 0.4) is 0 Å². The minimum Gasteiger partial charge on any atom is -0.355 e. The average molecular weight is 222 g/mol. The summed E-state index contributed by atoms with van der Waals surface area (Å²) in [7, 11) is 0. The SMILES string of the molecule is CC#CCCNC(=O)CCC1CCCCN1. The molecule has 0 aromatic heterocycles. The Morgan fingerprint density at radius 2 is 2.38 bits per heavy atom. The molecule has 3 nitrogen and oxygen atoms in total. The zero-order valence-electron chi connectivity index (χ0n) is 10.1. The van der Waals surface area contributed by atoms with Crippen molar-refractivity contribution in [2.24, 2.45) is 0 Å². The summed E-state index contributed by atoms with van der Waals surface area (Å²) >= 11 is 0. The van der Waals surface area contributed by atoms with E-state index in [1.807, 2.05) is 6.92 Å². The molecule has 0 aromatic carbocycles. The van der Waals surface area contributed by atoms with E-state index in [0.29, 0.717) is 19.0 Å². The first-order valence-corrected chi connectivity index (χ1v) is 6.22. The van der Waals surface area contributed by atoms with Gasteiger partial charge in [0.15, 0.2) is 0 Å². The molecular weight excluding hydrogens is 200 g/mol. The van der Waals surface area contributed by atoms with Gasteiger partial charge in [0.1, 0.15) is 0 Å². The molecule has 1 aliphatic rings. The Kier molecular flexibility index (Phi) is 6.67. The van der Waals surface area contributed by atoms with E-state index in [1.54, 1.807) is 0 Å². The molecule has 1 heterocycles. The zero-order valence-corrected chi connectivity index (χ0v) is 10.1. The maximum absolute atomic E-state index is 11.5. The first-order chi connectivity index (χ1) is 7.83. The number of carbonyl (C=O) groups is 1. The monoisotopic (exact) mass is 222 g/mol. The van der Waals surface area contributed by atoms with Gasteiger partial charge in [-0.3, -0.25) is 4.79 Å². The van der Waals surface area contributed by atoms with E-state index in [4.69, 9.17) is 0 Å². The lowest BCUT2D eigenvalue weighted by Gasteiger charge is -2.22. The average Bonchev–Trinajstić information content (AvgIpc) is 2.33. The number of carbonyl (C=O) groups excluding carboxylic acids is 1. The van der Waals surface area contributed by atoms with Crippen molar-refractivity contribution in [1.29, 1.82) is 0 Å². The Morgan fingerprint density at radius 3 is 3.06 bits per heavy atom. The fraction of sp³-hybridized carbons (Fsp3) is 0.769. The van der Waals surface area contributed by atoms with Crippen LogP contribution in [0.5, 0.6) is 0 Å². The van der Waals surface area contributed by atoms with Gasteiger partial charge in [0.05, 0.1) is 0 Å². The van der Waals surface area contributed by atoms with Crippen molar-refractivity contribution in [3.8, 4) is 11.8 Å². The molecule has 0 bridgehead atoms. The Balaban J connectivity index is 2.02. The lowest BCUT2D eigenvalue weighted by atomic mass is 10.0. The van der Waals surface area contributed by atoms with Crippen LogP contribution in [0.15, 0.2) is 0 Å². The molecule has 1 amide bonds. The van der Waals surface area contributed by atoms with Gasteiger partial charge in [-0.2, -0.15) is 0 Å². The molecule has 0 saturated carbocycles. The van der Waals surface area contributed by atoms with E-state index >= 15 is 0 Å². The molecule has 1 aliphatic heterocycles. The molecule has 0 aromatic rings. The number of hydrogen-bond acceptors (Lipinski definition) is 2. The second-order valence-electron chi connectivity index (χ2n) is 4.21. The lowest BCUT2D eigenvalue weighted by molar-refractivity contribution is -0.121. The molecule has 1 rings (SSSR count). The highest BCUT2D eigenvalue weighted by molar-refractivity contribution is 5.75. The summed E-state index contributed by atoms with van der Waals surface area (Å²) in [6.45, 7) is 3.60. The van der Waals surface area contributed by atoms with Crippen molar-refractivity contribution in [3.05, 3.63) is 0 Å². The molecule has 1 saturated heterocycles. The van der Waals surface area contributed by atoms with Crippen LogP contribution in [-0.2, 0) is 4.79 Å². The van der Waals surface area contributed by atoms with Crippen LogP contribution in [0, 0.1) is 11.8 Å². The van der Waals surface area contributed by atoms with Crippen LogP contribution < -0.4 is 10.6 Å². The highest BCUT2D eigenvalue weighted by Crippen LogP contribution is 2.11. The number of nitrogens with one attached hydrogen (secondary N) is 2. The summed E-state index contributed by atoms with van der Waals surface area (Å²) < 4.78 is 0. The van der Waals surface area contributed by atoms with Crippen molar-refractivity contribution in [2.75, 3.05) is 13.1 Å². The maximum Gasteiger partial charge on any atom is 0.220 e. The summed E-state index contributed by atoms with van der Waals surface area (Å²) in [5.74, 6) is 5.90. The third kappa shape index (κ3) is 5.77. The van der Waals surface area contributed by atoms with Crippen molar-refractivity contribution in [1.82, 2.24) is 10.6 Å². The predicted molar refractivity (Wildman–Crippen MR) is 66.0 cm³/mol. The molecule has 2 N–H and O–H groups in total. The Bertz CT molecular complexity index is 259. The van der Waals surface area contributed by atoms with Gasteiger partial charge in [0.25, 0.3) is 0 Å². The summed E-state index contributed by atoms with van der Waals surface area (Å²) in [6.07, 6.45) is 6.14. The normalized spacial score (nSPS) is 19.7. The lowest BCUT2D eigenvalue weighted by Crippen LogP contribution is -2.35. The first kappa shape index (κ1) is 13.1. The van der Waals surface area contributed by atoms with Crippen molar-refractivity contribution >= 4 is 5.91 Å². The zero-order chi connectivity index (χ0) is 11.6. The molecule has 1 fully saturated rings. The van der Waals surface area contributed by atoms with Gasteiger partial charge in [0.2, 0.25) is 5.91 Å². The van der Waals surface area contributed by atoms with E-state index in [-0.39, 0.29) is 5.91 Å². The van der Waals surface area contributed by atoms with Gasteiger partial charge >= 0.3 is 0 Å². The number of rotatable bonds is 5. The molecule has 0 radical (unpaired) electrons. The second kappa shape index (κ2) is 8.18. The largest absolute Gasteiger partial charge is 0.355 e. The molecule has 0 aliphatic carbocycles. The van der Waals surface area contributed by atoms with Crippen molar-refractivity contribution < 1.29 is 4.79 Å². The van der Waals surface area contributed by atoms with Crippen LogP contribution in [0.4, 0.5) is 0 Å². The van der Waals surface area contributed by atoms with Crippen molar-refractivity contribution in [2.45, 2.75) is 51.5 Å². The Hall–Kier alpha value is -1.01. The number of hydrogen-bond donors (Lipinski definition) is 2. The van der Waals surface area contributed by atoms with Crippen LogP contribution >= 0.6 is 0 Å².